The molecule has 5 aromatic rings. The molecule has 0 atom stereocenters. The second-order valence-electron chi connectivity index (χ2n) is 8.48. The zero-order valence-electron chi connectivity index (χ0n) is 20.1. The Kier molecular flexibility index (Phi) is 6.30. The summed E-state index contributed by atoms with van der Waals surface area (Å²) in [5, 5.41) is 31.4. The van der Waals surface area contributed by atoms with Crippen LogP contribution in [0.4, 0.5) is 17.1 Å². The van der Waals surface area contributed by atoms with E-state index in [0.717, 1.165) is 17.7 Å². The normalized spacial score (nSPS) is 11.8. The Morgan fingerprint density at radius 1 is 1.00 bits per heavy atom. The number of aromatic nitrogens is 2. The second-order valence-corrected chi connectivity index (χ2v) is 9.87. The minimum Gasteiger partial charge on any atom is -0.505 e. The standard InChI is InChI=1S/C26H19N5O7S/c1-13(32)27-16-8-10-18(17(12-16)26(34)35)30-31-23-20(39(36,37)38)11-15-7-9-19-22(21(15)24(23)33)29-25(28-19)14-5-3-2-4-6-14/h2-12,33H,1H3,(H,27,32)(H,28,29)(H,34,35)(H,36,37,38). The van der Waals surface area contributed by atoms with E-state index in [2.05, 4.69) is 25.5 Å². The van der Waals surface area contributed by atoms with Crippen LogP contribution in [0, 0.1) is 0 Å². The third-order valence-corrected chi connectivity index (χ3v) is 6.67. The minimum atomic E-state index is -4.90. The predicted molar refractivity (Wildman–Crippen MR) is 142 cm³/mol. The molecule has 4 aromatic carbocycles. The quantitative estimate of drug-likeness (QED) is 0.138. The highest BCUT2D eigenvalue weighted by Crippen LogP contribution is 2.44. The zero-order valence-corrected chi connectivity index (χ0v) is 20.9. The molecule has 0 saturated heterocycles. The number of anilines is 1. The van der Waals surface area contributed by atoms with Crippen molar-refractivity contribution in [2.75, 3.05) is 5.32 Å². The summed E-state index contributed by atoms with van der Waals surface area (Å²) in [6, 6.07) is 17.3. The summed E-state index contributed by atoms with van der Waals surface area (Å²) in [6.07, 6.45) is 0. The number of hydrogen-bond acceptors (Lipinski definition) is 8. The number of carbonyl (C=O) groups is 2. The number of phenolic OH excluding ortho intramolecular Hbond substituents is 1. The largest absolute Gasteiger partial charge is 0.505 e. The van der Waals surface area contributed by atoms with E-state index in [0.29, 0.717) is 16.9 Å². The van der Waals surface area contributed by atoms with E-state index in [9.17, 15) is 32.8 Å². The van der Waals surface area contributed by atoms with Gasteiger partial charge in [-0.25, -0.2) is 9.78 Å². The molecule has 13 heteroatoms. The first-order valence-electron chi connectivity index (χ1n) is 11.3. The van der Waals surface area contributed by atoms with Gasteiger partial charge < -0.3 is 20.5 Å². The summed E-state index contributed by atoms with van der Waals surface area (Å²) in [5.41, 5.74) is 0.682. The number of carboxylic acid groups (broad SMARTS) is 1. The Labute approximate surface area is 220 Å². The summed E-state index contributed by atoms with van der Waals surface area (Å²) in [5.74, 6) is -1.93. The molecule has 1 heterocycles. The number of benzene rings is 4. The number of hydrogen-bond donors (Lipinski definition) is 5. The number of carboxylic acids is 1. The third kappa shape index (κ3) is 4.91. The van der Waals surface area contributed by atoms with Gasteiger partial charge >= 0.3 is 5.97 Å². The smallest absolute Gasteiger partial charge is 0.338 e. The number of fused-ring (bicyclic) bond motifs is 3. The van der Waals surface area contributed by atoms with Gasteiger partial charge in [0.1, 0.15) is 27.6 Å². The molecular weight excluding hydrogens is 526 g/mol. The molecule has 1 amide bonds. The monoisotopic (exact) mass is 545 g/mol. The number of aromatic hydroxyl groups is 1. The molecule has 0 aliphatic heterocycles. The number of H-pyrrole nitrogens is 1. The van der Waals surface area contributed by atoms with Gasteiger partial charge in [0.05, 0.1) is 16.5 Å². The van der Waals surface area contributed by atoms with Gasteiger partial charge in [-0.3, -0.25) is 9.35 Å². The Balaban J connectivity index is 1.71. The number of nitrogens with one attached hydrogen (secondary N) is 2. The maximum Gasteiger partial charge on any atom is 0.338 e. The predicted octanol–water partition coefficient (Wildman–Crippen LogP) is 5.41. The Hall–Kier alpha value is -5.14. The number of aromatic carboxylic acids is 1. The summed E-state index contributed by atoms with van der Waals surface area (Å²) in [4.78, 5) is 30.1. The topological polar surface area (TPSA) is 194 Å². The van der Waals surface area contributed by atoms with Crippen LogP contribution < -0.4 is 5.32 Å². The number of imidazole rings is 1. The third-order valence-electron chi connectivity index (χ3n) is 5.80. The maximum absolute atomic E-state index is 12.2. The molecule has 39 heavy (non-hydrogen) atoms. The highest BCUT2D eigenvalue weighted by atomic mass is 32.2. The van der Waals surface area contributed by atoms with E-state index in [-0.39, 0.29) is 27.7 Å². The van der Waals surface area contributed by atoms with Crippen molar-refractivity contribution in [1.82, 2.24) is 9.97 Å². The average Bonchev–Trinajstić information content (AvgIpc) is 3.32. The van der Waals surface area contributed by atoms with Gasteiger partial charge in [-0.15, -0.1) is 10.2 Å². The van der Waals surface area contributed by atoms with Gasteiger partial charge in [0.15, 0.2) is 5.75 Å². The number of rotatable bonds is 6. The molecule has 0 radical (unpaired) electrons. The van der Waals surface area contributed by atoms with Crippen LogP contribution in [0.5, 0.6) is 5.75 Å². The molecule has 0 bridgehead atoms. The van der Waals surface area contributed by atoms with Gasteiger partial charge in [0, 0.05) is 18.2 Å². The van der Waals surface area contributed by atoms with Crippen molar-refractivity contribution in [2.45, 2.75) is 11.8 Å². The number of aromatic amines is 1. The molecule has 0 saturated carbocycles. The van der Waals surface area contributed by atoms with Crippen LogP contribution in [0.1, 0.15) is 17.3 Å². The summed E-state index contributed by atoms with van der Waals surface area (Å²) in [7, 11) is -4.90. The van der Waals surface area contributed by atoms with Crippen molar-refractivity contribution in [3.8, 4) is 17.1 Å². The average molecular weight is 546 g/mol. The fourth-order valence-corrected chi connectivity index (χ4v) is 4.77. The minimum absolute atomic E-state index is 0.145. The van der Waals surface area contributed by atoms with Gasteiger partial charge in [0.25, 0.3) is 10.1 Å². The van der Waals surface area contributed by atoms with Crippen LogP contribution in [0.2, 0.25) is 0 Å². The van der Waals surface area contributed by atoms with Crippen LogP contribution in [0.25, 0.3) is 33.2 Å². The molecule has 196 valence electrons. The van der Waals surface area contributed by atoms with E-state index < -0.39 is 38.3 Å². The zero-order chi connectivity index (χ0) is 27.9. The molecular formula is C26H19N5O7S. The molecule has 5 rings (SSSR count). The first-order chi connectivity index (χ1) is 18.5. The maximum atomic E-state index is 12.2. The number of azo groups is 1. The van der Waals surface area contributed by atoms with E-state index in [1.165, 1.54) is 19.1 Å². The molecule has 12 nitrogen and oxygen atoms in total. The lowest BCUT2D eigenvalue weighted by molar-refractivity contribution is -0.114. The van der Waals surface area contributed by atoms with Gasteiger partial charge in [-0.1, -0.05) is 36.4 Å². The van der Waals surface area contributed by atoms with Crippen LogP contribution in [-0.2, 0) is 14.9 Å². The molecule has 0 spiro atoms. The van der Waals surface area contributed by atoms with Gasteiger partial charge in [-0.05, 0) is 35.7 Å². The Bertz CT molecular complexity index is 1930. The lowest BCUT2D eigenvalue weighted by atomic mass is 10.1. The summed E-state index contributed by atoms with van der Waals surface area (Å²) in [6.45, 7) is 1.26. The Morgan fingerprint density at radius 3 is 2.41 bits per heavy atom. The number of carbonyl (C=O) groups excluding carboxylic acids is 1. The van der Waals surface area contributed by atoms with Gasteiger partial charge in [0.2, 0.25) is 5.91 Å². The van der Waals surface area contributed by atoms with Crippen LogP contribution in [0.3, 0.4) is 0 Å². The van der Waals surface area contributed by atoms with Crippen molar-refractivity contribution in [3.05, 3.63) is 72.3 Å². The first kappa shape index (κ1) is 25.5. The molecule has 0 aliphatic rings. The fourth-order valence-electron chi connectivity index (χ4n) is 4.11. The fraction of sp³-hybridized carbons (Fsp3) is 0.0385. The van der Waals surface area contributed by atoms with Crippen LogP contribution >= 0.6 is 0 Å². The molecule has 0 aliphatic carbocycles. The van der Waals surface area contributed by atoms with E-state index in [1.807, 2.05) is 30.3 Å². The molecule has 5 N–H and O–H groups in total. The summed E-state index contributed by atoms with van der Waals surface area (Å²) >= 11 is 0. The second kappa shape index (κ2) is 9.63. The lowest BCUT2D eigenvalue weighted by Crippen LogP contribution is -2.07. The van der Waals surface area contributed by atoms with Crippen LogP contribution in [0.15, 0.2) is 81.9 Å². The van der Waals surface area contributed by atoms with Crippen molar-refractivity contribution < 1.29 is 32.8 Å². The van der Waals surface area contributed by atoms with Crippen molar-refractivity contribution >= 4 is 60.9 Å². The van der Waals surface area contributed by atoms with Crippen molar-refractivity contribution in [1.29, 1.82) is 0 Å². The molecule has 1 aromatic heterocycles. The Morgan fingerprint density at radius 2 is 1.74 bits per heavy atom. The number of phenols is 1. The lowest BCUT2D eigenvalue weighted by Gasteiger charge is -2.10. The SMILES string of the molecule is CC(=O)Nc1ccc(N=Nc2c(S(=O)(=O)O)cc3ccc4[nH]c(-c5ccccc5)nc4c3c2O)c(C(=O)O)c1. The summed E-state index contributed by atoms with van der Waals surface area (Å²) < 4.78 is 34.3. The van der Waals surface area contributed by atoms with Crippen LogP contribution in [-0.4, -0.2) is 45.0 Å². The highest BCUT2D eigenvalue weighted by Gasteiger charge is 2.24. The molecule has 0 fully saturated rings. The van der Waals surface area contributed by atoms with E-state index in [4.69, 9.17) is 0 Å². The van der Waals surface area contributed by atoms with Crippen molar-refractivity contribution in [3.63, 3.8) is 0 Å². The van der Waals surface area contributed by atoms with E-state index >= 15 is 0 Å². The van der Waals surface area contributed by atoms with Gasteiger partial charge in [-0.2, -0.15) is 8.42 Å². The number of amides is 1. The van der Waals surface area contributed by atoms with E-state index in [1.54, 1.807) is 12.1 Å². The van der Waals surface area contributed by atoms with Crippen molar-refractivity contribution in [2.24, 2.45) is 10.2 Å². The molecule has 0 unspecified atom stereocenters. The highest BCUT2D eigenvalue weighted by molar-refractivity contribution is 7.86. The number of nitrogens with zero attached hydrogens (tertiary/aromatic N) is 3. The first-order valence-corrected chi connectivity index (χ1v) is 12.7.